The summed E-state index contributed by atoms with van der Waals surface area (Å²) in [5.41, 5.74) is 1.62. The van der Waals surface area contributed by atoms with Gasteiger partial charge in [0.15, 0.2) is 0 Å². The molecular formula is C14H18ClNO3S. The first-order valence-electron chi connectivity index (χ1n) is 6.21. The van der Waals surface area contributed by atoms with Gasteiger partial charge in [-0.2, -0.15) is 0 Å². The molecule has 1 amide bonds. The monoisotopic (exact) mass is 315 g/mol. The maximum atomic E-state index is 11.7. The molecule has 0 aliphatic rings. The van der Waals surface area contributed by atoms with Crippen LogP contribution in [-0.4, -0.2) is 29.5 Å². The molecule has 1 aromatic carbocycles. The number of anilines is 1. The van der Waals surface area contributed by atoms with Crippen LogP contribution in [0, 0.1) is 6.92 Å². The zero-order valence-electron chi connectivity index (χ0n) is 11.7. The van der Waals surface area contributed by atoms with E-state index in [1.165, 1.54) is 11.8 Å². The van der Waals surface area contributed by atoms with Crippen molar-refractivity contribution < 1.29 is 14.3 Å². The van der Waals surface area contributed by atoms with Crippen molar-refractivity contribution >= 4 is 40.9 Å². The van der Waals surface area contributed by atoms with Crippen molar-refractivity contribution in [1.82, 2.24) is 0 Å². The van der Waals surface area contributed by atoms with Crippen molar-refractivity contribution in [3.8, 4) is 0 Å². The molecule has 0 spiro atoms. The van der Waals surface area contributed by atoms with Gasteiger partial charge in [-0.1, -0.05) is 11.6 Å². The van der Waals surface area contributed by atoms with Crippen molar-refractivity contribution in [2.24, 2.45) is 0 Å². The molecule has 1 N–H and O–H groups in total. The maximum absolute atomic E-state index is 11.7. The summed E-state index contributed by atoms with van der Waals surface area (Å²) in [6.07, 6.45) is -0.131. The van der Waals surface area contributed by atoms with Gasteiger partial charge < -0.3 is 10.1 Å². The minimum atomic E-state index is -0.305. The molecule has 6 heteroatoms. The van der Waals surface area contributed by atoms with Crippen LogP contribution in [0.4, 0.5) is 5.69 Å². The van der Waals surface area contributed by atoms with E-state index in [0.717, 1.165) is 11.3 Å². The average Bonchev–Trinajstić information content (AvgIpc) is 2.31. The van der Waals surface area contributed by atoms with Gasteiger partial charge in [-0.15, -0.1) is 11.8 Å². The number of amides is 1. The molecule has 0 saturated carbocycles. The van der Waals surface area contributed by atoms with Crippen LogP contribution in [0.5, 0.6) is 0 Å². The number of thioether (sulfide) groups is 1. The van der Waals surface area contributed by atoms with Gasteiger partial charge in [-0.25, -0.2) is 0 Å². The van der Waals surface area contributed by atoms with Crippen molar-refractivity contribution in [2.45, 2.75) is 26.9 Å². The first-order valence-corrected chi connectivity index (χ1v) is 7.75. The third kappa shape index (κ3) is 6.30. The number of halogens is 1. The molecule has 0 radical (unpaired) electrons. The number of carbonyl (C=O) groups excluding carboxylic acids is 2. The van der Waals surface area contributed by atoms with Crippen LogP contribution in [-0.2, 0) is 14.3 Å². The topological polar surface area (TPSA) is 55.4 Å². The van der Waals surface area contributed by atoms with Crippen LogP contribution in [0.3, 0.4) is 0 Å². The van der Waals surface area contributed by atoms with E-state index < -0.39 is 0 Å². The van der Waals surface area contributed by atoms with Crippen molar-refractivity contribution in [3.05, 3.63) is 28.8 Å². The Morgan fingerprint density at radius 3 is 2.65 bits per heavy atom. The smallest absolute Gasteiger partial charge is 0.316 e. The molecule has 0 saturated heterocycles. The van der Waals surface area contributed by atoms with Crippen LogP contribution < -0.4 is 5.32 Å². The quantitative estimate of drug-likeness (QED) is 0.819. The average molecular weight is 316 g/mol. The van der Waals surface area contributed by atoms with E-state index in [2.05, 4.69) is 5.32 Å². The summed E-state index contributed by atoms with van der Waals surface area (Å²) in [6.45, 7) is 5.45. The largest absolute Gasteiger partial charge is 0.462 e. The van der Waals surface area contributed by atoms with E-state index in [9.17, 15) is 9.59 Å². The summed E-state index contributed by atoms with van der Waals surface area (Å²) in [4.78, 5) is 23.0. The summed E-state index contributed by atoms with van der Waals surface area (Å²) in [6, 6.07) is 5.26. The fourth-order valence-corrected chi connectivity index (χ4v) is 2.30. The van der Waals surface area contributed by atoms with Crippen molar-refractivity contribution in [3.63, 3.8) is 0 Å². The second-order valence-electron chi connectivity index (χ2n) is 4.54. The second kappa shape index (κ2) is 8.17. The molecule has 0 bridgehead atoms. The molecule has 20 heavy (non-hydrogen) atoms. The number of nitrogens with one attached hydrogen (secondary N) is 1. The Morgan fingerprint density at radius 1 is 1.35 bits per heavy atom. The predicted octanol–water partition coefficient (Wildman–Crippen LogP) is 3.27. The number of ether oxygens (including phenoxy) is 1. The summed E-state index contributed by atoms with van der Waals surface area (Å²) in [7, 11) is 0. The molecule has 0 atom stereocenters. The van der Waals surface area contributed by atoms with Crippen LogP contribution in [0.25, 0.3) is 0 Å². The molecule has 0 fully saturated rings. The van der Waals surface area contributed by atoms with E-state index in [1.807, 2.05) is 6.92 Å². The number of carbonyl (C=O) groups is 2. The predicted molar refractivity (Wildman–Crippen MR) is 83.4 cm³/mol. The highest BCUT2D eigenvalue weighted by Crippen LogP contribution is 2.19. The Hall–Kier alpha value is -1.20. The molecule has 1 aromatic rings. The molecule has 0 aromatic heterocycles. The lowest BCUT2D eigenvalue weighted by Crippen LogP contribution is -2.18. The van der Waals surface area contributed by atoms with Crippen LogP contribution in [0.2, 0.25) is 5.02 Å². The van der Waals surface area contributed by atoms with Crippen molar-refractivity contribution in [2.75, 3.05) is 16.8 Å². The Morgan fingerprint density at radius 2 is 2.05 bits per heavy atom. The Labute approximate surface area is 128 Å². The number of hydrogen-bond acceptors (Lipinski definition) is 4. The lowest BCUT2D eigenvalue weighted by molar-refractivity contribution is -0.144. The number of rotatable bonds is 6. The fourth-order valence-electron chi connectivity index (χ4n) is 1.48. The molecule has 0 heterocycles. The zero-order valence-corrected chi connectivity index (χ0v) is 13.3. The molecule has 4 nitrogen and oxygen atoms in total. The number of benzene rings is 1. The van der Waals surface area contributed by atoms with E-state index in [-0.39, 0.29) is 29.5 Å². The Kier molecular flexibility index (Phi) is 6.88. The SMILES string of the molecule is Cc1cc(Cl)ccc1NC(=O)CSCC(=O)OC(C)C. The normalized spacial score (nSPS) is 10.4. The number of esters is 1. The lowest BCUT2D eigenvalue weighted by Gasteiger charge is -2.09. The van der Waals surface area contributed by atoms with E-state index >= 15 is 0 Å². The van der Waals surface area contributed by atoms with E-state index in [1.54, 1.807) is 32.0 Å². The highest BCUT2D eigenvalue weighted by Gasteiger charge is 2.09. The highest BCUT2D eigenvalue weighted by molar-refractivity contribution is 8.00. The van der Waals surface area contributed by atoms with Gasteiger partial charge in [0.25, 0.3) is 0 Å². The van der Waals surface area contributed by atoms with Gasteiger partial charge in [0.2, 0.25) is 5.91 Å². The van der Waals surface area contributed by atoms with Gasteiger partial charge in [0.1, 0.15) is 0 Å². The summed E-state index contributed by atoms with van der Waals surface area (Å²) < 4.78 is 4.98. The first kappa shape index (κ1) is 16.9. The molecular weight excluding hydrogens is 298 g/mol. The summed E-state index contributed by atoms with van der Waals surface area (Å²) >= 11 is 7.07. The summed E-state index contributed by atoms with van der Waals surface area (Å²) in [5, 5.41) is 3.41. The highest BCUT2D eigenvalue weighted by atomic mass is 35.5. The van der Waals surface area contributed by atoms with Gasteiger partial charge in [-0.3, -0.25) is 9.59 Å². The molecule has 1 rings (SSSR count). The standard InChI is InChI=1S/C14H18ClNO3S/c1-9(2)19-14(18)8-20-7-13(17)16-12-5-4-11(15)6-10(12)3/h4-6,9H,7-8H2,1-3H3,(H,16,17). The number of aryl methyl sites for hydroxylation is 1. The third-order valence-electron chi connectivity index (χ3n) is 2.28. The molecule has 110 valence electrons. The molecule has 0 aliphatic carbocycles. The van der Waals surface area contributed by atoms with Gasteiger partial charge in [0, 0.05) is 10.7 Å². The van der Waals surface area contributed by atoms with E-state index in [4.69, 9.17) is 16.3 Å². The van der Waals surface area contributed by atoms with Gasteiger partial charge >= 0.3 is 5.97 Å². The lowest BCUT2D eigenvalue weighted by atomic mass is 10.2. The minimum Gasteiger partial charge on any atom is -0.462 e. The maximum Gasteiger partial charge on any atom is 0.316 e. The fraction of sp³-hybridized carbons (Fsp3) is 0.429. The number of hydrogen-bond donors (Lipinski definition) is 1. The molecule has 0 unspecified atom stereocenters. The van der Waals surface area contributed by atoms with Gasteiger partial charge in [0.05, 0.1) is 17.6 Å². The minimum absolute atomic E-state index is 0.131. The second-order valence-corrected chi connectivity index (χ2v) is 5.96. The Bertz CT molecular complexity index is 491. The van der Waals surface area contributed by atoms with Gasteiger partial charge in [-0.05, 0) is 44.5 Å². The summed E-state index contributed by atoms with van der Waals surface area (Å²) in [5.74, 6) is -0.0845. The van der Waals surface area contributed by atoms with Crippen LogP contribution in [0.1, 0.15) is 19.4 Å². The van der Waals surface area contributed by atoms with Crippen LogP contribution in [0.15, 0.2) is 18.2 Å². The van der Waals surface area contributed by atoms with Crippen LogP contribution >= 0.6 is 23.4 Å². The zero-order chi connectivity index (χ0) is 15.1. The van der Waals surface area contributed by atoms with Crippen molar-refractivity contribution in [1.29, 1.82) is 0 Å². The first-order chi connectivity index (χ1) is 9.38. The van der Waals surface area contributed by atoms with E-state index in [0.29, 0.717) is 5.02 Å². The molecule has 0 aliphatic heterocycles. The third-order valence-corrected chi connectivity index (χ3v) is 3.42. The Balaban J connectivity index is 2.35.